The van der Waals surface area contributed by atoms with Gasteiger partial charge in [-0.3, -0.25) is 4.79 Å². The van der Waals surface area contributed by atoms with Gasteiger partial charge in [0, 0.05) is 11.6 Å². The number of carbonyl (C=O) groups excluding carboxylic acids is 1. The van der Waals surface area contributed by atoms with Crippen molar-refractivity contribution in [2.75, 3.05) is 20.1 Å². The van der Waals surface area contributed by atoms with E-state index >= 15 is 0 Å². The van der Waals surface area contributed by atoms with Gasteiger partial charge in [0.1, 0.15) is 5.56 Å². The third kappa shape index (κ3) is 3.71. The standard InChI is InChI=1S/C18H22N4O3/c1-12-16(18(24)25)11-19-22(12)15-5-3-13(4-6-15)17(23)20-14-7-9-21(2)10-8-14/h3-6,11,14H,7-10H2,1-2H3,(H,20,23)(H,24,25). The van der Waals surface area contributed by atoms with Gasteiger partial charge in [-0.25, -0.2) is 9.48 Å². The summed E-state index contributed by atoms with van der Waals surface area (Å²) in [5.41, 5.74) is 2.03. The Bertz CT molecular complexity index is 774. The number of piperidine rings is 1. The summed E-state index contributed by atoms with van der Waals surface area (Å²) >= 11 is 0. The maximum atomic E-state index is 12.4. The molecule has 2 heterocycles. The Morgan fingerprint density at radius 1 is 1.20 bits per heavy atom. The van der Waals surface area contributed by atoms with Gasteiger partial charge < -0.3 is 15.3 Å². The number of carboxylic acids is 1. The lowest BCUT2D eigenvalue weighted by molar-refractivity contribution is 0.0695. The Labute approximate surface area is 146 Å². The zero-order chi connectivity index (χ0) is 18.0. The van der Waals surface area contributed by atoms with E-state index < -0.39 is 5.97 Å². The molecule has 7 heteroatoms. The minimum atomic E-state index is -1.00. The summed E-state index contributed by atoms with van der Waals surface area (Å²) in [6.07, 6.45) is 3.26. The summed E-state index contributed by atoms with van der Waals surface area (Å²) in [7, 11) is 2.09. The molecule has 0 radical (unpaired) electrons. The van der Waals surface area contributed by atoms with E-state index in [2.05, 4.69) is 22.4 Å². The zero-order valence-corrected chi connectivity index (χ0v) is 14.4. The maximum Gasteiger partial charge on any atom is 0.339 e. The second kappa shape index (κ2) is 7.06. The molecule has 0 atom stereocenters. The molecule has 2 aromatic rings. The van der Waals surface area contributed by atoms with E-state index in [1.807, 2.05) is 0 Å². The number of hydrogen-bond acceptors (Lipinski definition) is 4. The molecule has 132 valence electrons. The number of benzene rings is 1. The normalized spacial score (nSPS) is 15.9. The molecule has 1 aliphatic rings. The van der Waals surface area contributed by atoms with Crippen molar-refractivity contribution in [3.8, 4) is 5.69 Å². The Kier molecular flexibility index (Phi) is 4.85. The number of likely N-dealkylation sites (tertiary alicyclic amines) is 1. The van der Waals surface area contributed by atoms with Crippen LogP contribution >= 0.6 is 0 Å². The largest absolute Gasteiger partial charge is 0.478 e. The maximum absolute atomic E-state index is 12.4. The number of nitrogens with one attached hydrogen (secondary N) is 1. The van der Waals surface area contributed by atoms with Gasteiger partial charge in [-0.05, 0) is 64.2 Å². The second-order valence-corrected chi connectivity index (χ2v) is 6.46. The molecule has 0 unspecified atom stereocenters. The minimum absolute atomic E-state index is 0.0792. The van der Waals surface area contributed by atoms with Gasteiger partial charge in [0.05, 0.1) is 17.6 Å². The summed E-state index contributed by atoms with van der Waals surface area (Å²) in [4.78, 5) is 25.7. The third-order valence-corrected chi connectivity index (χ3v) is 4.67. The Balaban J connectivity index is 1.70. The number of hydrogen-bond donors (Lipinski definition) is 2. The summed E-state index contributed by atoms with van der Waals surface area (Å²) in [6, 6.07) is 7.24. The predicted molar refractivity (Wildman–Crippen MR) is 93.2 cm³/mol. The van der Waals surface area contributed by atoms with E-state index in [0.717, 1.165) is 31.6 Å². The van der Waals surface area contributed by atoms with Gasteiger partial charge in [-0.15, -0.1) is 0 Å². The van der Waals surface area contributed by atoms with E-state index in [4.69, 9.17) is 5.11 Å². The number of aromatic nitrogens is 2. The Morgan fingerprint density at radius 3 is 2.40 bits per heavy atom. The molecular weight excluding hydrogens is 320 g/mol. The first-order chi connectivity index (χ1) is 12.0. The van der Waals surface area contributed by atoms with Crippen LogP contribution in [0.2, 0.25) is 0 Å². The topological polar surface area (TPSA) is 87.5 Å². The van der Waals surface area contributed by atoms with Gasteiger partial charge in [0.25, 0.3) is 5.91 Å². The summed E-state index contributed by atoms with van der Waals surface area (Å²) < 4.78 is 1.56. The minimum Gasteiger partial charge on any atom is -0.478 e. The first-order valence-corrected chi connectivity index (χ1v) is 8.33. The second-order valence-electron chi connectivity index (χ2n) is 6.46. The summed E-state index contributed by atoms with van der Waals surface area (Å²) in [5.74, 6) is -1.08. The predicted octanol–water partition coefficient (Wildman–Crippen LogP) is 1.70. The van der Waals surface area contributed by atoms with E-state index in [1.54, 1.807) is 35.9 Å². The van der Waals surface area contributed by atoms with Crippen LogP contribution in [0.5, 0.6) is 0 Å². The van der Waals surface area contributed by atoms with Crippen molar-refractivity contribution in [2.45, 2.75) is 25.8 Å². The summed E-state index contributed by atoms with van der Waals surface area (Å²) in [6.45, 7) is 3.69. The molecule has 1 aliphatic heterocycles. The molecule has 0 saturated carbocycles. The van der Waals surface area contributed by atoms with Crippen LogP contribution in [0.4, 0.5) is 0 Å². The molecular formula is C18H22N4O3. The van der Waals surface area contributed by atoms with Gasteiger partial charge >= 0.3 is 5.97 Å². The molecule has 0 spiro atoms. The average molecular weight is 342 g/mol. The number of rotatable bonds is 4. The van der Waals surface area contributed by atoms with Gasteiger partial charge in [0.2, 0.25) is 0 Å². The van der Waals surface area contributed by atoms with E-state index in [9.17, 15) is 9.59 Å². The van der Waals surface area contributed by atoms with Crippen LogP contribution in [0.15, 0.2) is 30.5 Å². The van der Waals surface area contributed by atoms with Crippen LogP contribution in [0.3, 0.4) is 0 Å². The molecule has 0 aliphatic carbocycles. The van der Waals surface area contributed by atoms with Crippen molar-refractivity contribution in [1.29, 1.82) is 0 Å². The highest BCUT2D eigenvalue weighted by Crippen LogP contribution is 2.16. The smallest absolute Gasteiger partial charge is 0.339 e. The van der Waals surface area contributed by atoms with Crippen molar-refractivity contribution in [2.24, 2.45) is 0 Å². The highest BCUT2D eigenvalue weighted by molar-refractivity contribution is 5.94. The molecule has 7 nitrogen and oxygen atoms in total. The van der Waals surface area contributed by atoms with E-state index in [1.165, 1.54) is 6.20 Å². The quantitative estimate of drug-likeness (QED) is 0.883. The highest BCUT2D eigenvalue weighted by Gasteiger charge is 2.19. The molecule has 3 rings (SSSR count). The van der Waals surface area contributed by atoms with E-state index in [-0.39, 0.29) is 17.5 Å². The molecule has 1 saturated heterocycles. The van der Waals surface area contributed by atoms with Crippen LogP contribution in [0, 0.1) is 6.92 Å². The van der Waals surface area contributed by atoms with Crippen LogP contribution in [0.1, 0.15) is 39.3 Å². The summed E-state index contributed by atoms with van der Waals surface area (Å²) in [5, 5.41) is 16.3. The fourth-order valence-electron chi connectivity index (χ4n) is 3.06. The molecule has 1 aromatic carbocycles. The van der Waals surface area contributed by atoms with Gasteiger partial charge in [0.15, 0.2) is 0 Å². The van der Waals surface area contributed by atoms with Crippen molar-refractivity contribution in [3.63, 3.8) is 0 Å². The van der Waals surface area contributed by atoms with Crippen LogP contribution in [0.25, 0.3) is 5.69 Å². The zero-order valence-electron chi connectivity index (χ0n) is 14.4. The van der Waals surface area contributed by atoms with Gasteiger partial charge in [-0.1, -0.05) is 0 Å². The molecule has 2 N–H and O–H groups in total. The van der Waals surface area contributed by atoms with Gasteiger partial charge in [-0.2, -0.15) is 5.10 Å². The Hall–Kier alpha value is -2.67. The van der Waals surface area contributed by atoms with Crippen molar-refractivity contribution >= 4 is 11.9 Å². The van der Waals surface area contributed by atoms with Crippen LogP contribution < -0.4 is 5.32 Å². The molecule has 1 fully saturated rings. The number of carboxylic acid groups (broad SMARTS) is 1. The van der Waals surface area contributed by atoms with Crippen molar-refractivity contribution in [3.05, 3.63) is 47.3 Å². The highest BCUT2D eigenvalue weighted by atomic mass is 16.4. The van der Waals surface area contributed by atoms with Crippen molar-refractivity contribution < 1.29 is 14.7 Å². The molecule has 1 amide bonds. The first kappa shape index (κ1) is 17.2. The number of carbonyl (C=O) groups is 2. The Morgan fingerprint density at radius 2 is 1.84 bits per heavy atom. The monoisotopic (exact) mass is 342 g/mol. The lowest BCUT2D eigenvalue weighted by Gasteiger charge is -2.29. The molecule has 25 heavy (non-hydrogen) atoms. The molecule has 1 aromatic heterocycles. The lowest BCUT2D eigenvalue weighted by Crippen LogP contribution is -2.43. The number of nitrogens with zero attached hydrogens (tertiary/aromatic N) is 3. The molecule has 0 bridgehead atoms. The van der Waals surface area contributed by atoms with Crippen molar-refractivity contribution in [1.82, 2.24) is 20.0 Å². The van der Waals surface area contributed by atoms with E-state index in [0.29, 0.717) is 11.3 Å². The van der Waals surface area contributed by atoms with Crippen LogP contribution in [-0.4, -0.2) is 57.8 Å². The fourth-order valence-corrected chi connectivity index (χ4v) is 3.06. The SMILES string of the molecule is Cc1c(C(=O)O)cnn1-c1ccc(C(=O)NC2CCN(C)CC2)cc1. The van der Waals surface area contributed by atoms with Crippen LogP contribution in [-0.2, 0) is 0 Å². The number of aromatic carboxylic acids is 1. The third-order valence-electron chi connectivity index (χ3n) is 4.67. The fraction of sp³-hybridized carbons (Fsp3) is 0.389. The lowest BCUT2D eigenvalue weighted by atomic mass is 10.0. The number of amides is 1. The first-order valence-electron chi connectivity index (χ1n) is 8.33. The average Bonchev–Trinajstić information content (AvgIpc) is 2.99.